The second-order valence-electron chi connectivity index (χ2n) is 8.95. The maximum Gasteiger partial charge on any atom is 0.253 e. The molecule has 8 nitrogen and oxygen atoms in total. The number of likely N-dealkylation sites (N-methyl/N-ethyl adjacent to an activating group) is 1. The van der Waals surface area contributed by atoms with Crippen molar-refractivity contribution in [3.8, 4) is 23.1 Å². The maximum absolute atomic E-state index is 12.8. The number of nitrogens with zero attached hydrogens (tertiary/aromatic N) is 5. The number of amides is 2. The fourth-order valence-electron chi connectivity index (χ4n) is 4.13. The lowest BCUT2D eigenvalue weighted by Gasteiger charge is -2.32. The van der Waals surface area contributed by atoms with E-state index >= 15 is 0 Å². The minimum atomic E-state index is -0.490. The molecule has 3 heterocycles. The summed E-state index contributed by atoms with van der Waals surface area (Å²) >= 11 is 0. The molecule has 4 aromatic rings. The van der Waals surface area contributed by atoms with Crippen LogP contribution in [0, 0.1) is 18.8 Å². The Bertz CT molecular complexity index is 1520. The van der Waals surface area contributed by atoms with E-state index in [2.05, 4.69) is 28.8 Å². The molecule has 0 unspecified atom stereocenters. The molecule has 1 fully saturated rings. The maximum atomic E-state index is 12.8. The van der Waals surface area contributed by atoms with E-state index < -0.39 is 5.91 Å². The van der Waals surface area contributed by atoms with E-state index in [1.807, 2.05) is 54.3 Å². The molecule has 0 aliphatic carbocycles. The van der Waals surface area contributed by atoms with E-state index in [-0.39, 0.29) is 5.91 Å². The minimum absolute atomic E-state index is 0.0564. The van der Waals surface area contributed by atoms with Crippen molar-refractivity contribution >= 4 is 17.5 Å². The molecule has 8 heteroatoms. The first-order chi connectivity index (χ1) is 17.4. The normalized spacial score (nSPS) is 13.9. The van der Waals surface area contributed by atoms with Gasteiger partial charge in [0.05, 0.1) is 11.9 Å². The van der Waals surface area contributed by atoms with Gasteiger partial charge in [0.1, 0.15) is 5.69 Å². The number of hydrogen-bond acceptors (Lipinski definition) is 5. The van der Waals surface area contributed by atoms with Crippen LogP contribution in [0.5, 0.6) is 0 Å². The van der Waals surface area contributed by atoms with Crippen LogP contribution in [0.2, 0.25) is 0 Å². The summed E-state index contributed by atoms with van der Waals surface area (Å²) < 4.78 is 1.69. The van der Waals surface area contributed by atoms with Gasteiger partial charge in [-0.25, -0.2) is 9.50 Å². The summed E-state index contributed by atoms with van der Waals surface area (Å²) in [6.45, 7) is 5.19. The number of primary amides is 1. The summed E-state index contributed by atoms with van der Waals surface area (Å²) in [6, 6.07) is 16.5. The molecular formula is C28H26N6O2. The molecule has 2 aromatic heterocycles. The Morgan fingerprint density at radius 1 is 0.917 bits per heavy atom. The Morgan fingerprint density at radius 3 is 2.36 bits per heavy atom. The van der Waals surface area contributed by atoms with Gasteiger partial charge in [0, 0.05) is 48.4 Å². The van der Waals surface area contributed by atoms with Gasteiger partial charge in [0.2, 0.25) is 5.91 Å². The molecular weight excluding hydrogens is 452 g/mol. The highest BCUT2D eigenvalue weighted by Gasteiger charge is 2.20. The highest BCUT2D eigenvalue weighted by Crippen LogP contribution is 2.20. The number of carbonyl (C=O) groups is 2. The second kappa shape index (κ2) is 9.64. The summed E-state index contributed by atoms with van der Waals surface area (Å²) in [5.74, 6) is 5.79. The first-order valence-electron chi connectivity index (χ1n) is 11.7. The number of piperazine rings is 1. The van der Waals surface area contributed by atoms with Crippen molar-refractivity contribution in [1.82, 2.24) is 24.4 Å². The molecule has 0 radical (unpaired) electrons. The summed E-state index contributed by atoms with van der Waals surface area (Å²) in [4.78, 5) is 32.9. The van der Waals surface area contributed by atoms with Crippen LogP contribution in [-0.4, -0.2) is 69.4 Å². The van der Waals surface area contributed by atoms with Gasteiger partial charge in [0.15, 0.2) is 5.65 Å². The molecule has 0 spiro atoms. The number of aromatic nitrogens is 3. The molecule has 1 saturated heterocycles. The van der Waals surface area contributed by atoms with Gasteiger partial charge >= 0.3 is 0 Å². The van der Waals surface area contributed by atoms with Crippen molar-refractivity contribution in [3.05, 3.63) is 88.7 Å². The third kappa shape index (κ3) is 4.69. The standard InChI is InChI=1S/C28H26N6O2/c1-19-3-4-23(27(29)35)17-22(19)9-10-24-18-30-26-12-11-25(31-34(24)26)20-5-7-21(8-6-20)28(36)33-15-13-32(2)14-16-33/h3-8,11-12,17-18H,13-16H2,1-2H3,(H2,29,35). The van der Waals surface area contributed by atoms with Crippen LogP contribution in [0.1, 0.15) is 37.5 Å². The van der Waals surface area contributed by atoms with Crippen LogP contribution < -0.4 is 5.73 Å². The van der Waals surface area contributed by atoms with Gasteiger partial charge < -0.3 is 15.5 Å². The average Bonchev–Trinajstić information content (AvgIpc) is 3.30. The van der Waals surface area contributed by atoms with Crippen molar-refractivity contribution < 1.29 is 9.59 Å². The van der Waals surface area contributed by atoms with Crippen molar-refractivity contribution in [3.63, 3.8) is 0 Å². The molecule has 1 aliphatic heterocycles. The molecule has 5 rings (SSSR count). The molecule has 2 N–H and O–H groups in total. The first-order valence-corrected chi connectivity index (χ1v) is 11.7. The van der Waals surface area contributed by atoms with Gasteiger partial charge in [-0.1, -0.05) is 24.1 Å². The number of benzene rings is 2. The van der Waals surface area contributed by atoms with Crippen molar-refractivity contribution in [2.75, 3.05) is 33.2 Å². The first kappa shape index (κ1) is 23.3. The highest BCUT2D eigenvalue weighted by atomic mass is 16.2. The number of rotatable bonds is 3. The average molecular weight is 479 g/mol. The highest BCUT2D eigenvalue weighted by molar-refractivity contribution is 5.95. The lowest BCUT2D eigenvalue weighted by Crippen LogP contribution is -2.47. The smallest absolute Gasteiger partial charge is 0.253 e. The van der Waals surface area contributed by atoms with Crippen LogP contribution in [0.3, 0.4) is 0 Å². The van der Waals surface area contributed by atoms with Gasteiger partial charge in [-0.2, -0.15) is 5.10 Å². The van der Waals surface area contributed by atoms with Gasteiger partial charge in [0.25, 0.3) is 5.91 Å². The predicted octanol–water partition coefficient (Wildman–Crippen LogP) is 2.59. The van der Waals surface area contributed by atoms with Crippen molar-refractivity contribution in [2.45, 2.75) is 6.92 Å². The fraction of sp³-hybridized carbons (Fsp3) is 0.214. The molecule has 0 saturated carbocycles. The zero-order valence-corrected chi connectivity index (χ0v) is 20.2. The summed E-state index contributed by atoms with van der Waals surface area (Å²) in [5, 5.41) is 4.74. The van der Waals surface area contributed by atoms with E-state index in [4.69, 9.17) is 10.8 Å². The quantitative estimate of drug-likeness (QED) is 0.457. The Balaban J connectivity index is 1.40. The number of imidazole rings is 1. The van der Waals surface area contributed by atoms with Crippen molar-refractivity contribution in [2.24, 2.45) is 5.73 Å². The van der Waals surface area contributed by atoms with E-state index in [9.17, 15) is 9.59 Å². The largest absolute Gasteiger partial charge is 0.366 e. The number of hydrogen-bond donors (Lipinski definition) is 1. The van der Waals surface area contributed by atoms with Crippen LogP contribution in [-0.2, 0) is 0 Å². The van der Waals surface area contributed by atoms with E-state index in [0.29, 0.717) is 22.5 Å². The fourth-order valence-corrected chi connectivity index (χ4v) is 4.13. The number of aryl methyl sites for hydroxylation is 1. The Kier molecular flexibility index (Phi) is 6.23. The second-order valence-corrected chi connectivity index (χ2v) is 8.95. The third-order valence-electron chi connectivity index (χ3n) is 6.43. The lowest BCUT2D eigenvalue weighted by atomic mass is 10.0. The molecule has 180 valence electrons. The molecule has 0 bridgehead atoms. The monoisotopic (exact) mass is 478 g/mol. The number of nitrogens with two attached hydrogens (primary N) is 1. The Labute approximate surface area is 209 Å². The van der Waals surface area contributed by atoms with E-state index in [1.54, 1.807) is 22.8 Å². The summed E-state index contributed by atoms with van der Waals surface area (Å²) in [5.41, 5.74) is 11.1. The van der Waals surface area contributed by atoms with Crippen LogP contribution >= 0.6 is 0 Å². The SMILES string of the molecule is Cc1ccc(C(N)=O)cc1C#Cc1cnc2ccc(-c3ccc(C(=O)N4CCN(C)CC4)cc3)nn12. The van der Waals surface area contributed by atoms with Crippen LogP contribution in [0.15, 0.2) is 60.8 Å². The van der Waals surface area contributed by atoms with Gasteiger partial charge in [-0.3, -0.25) is 9.59 Å². The summed E-state index contributed by atoms with van der Waals surface area (Å²) in [6.07, 6.45) is 1.67. The number of carbonyl (C=O) groups excluding carboxylic acids is 2. The molecule has 1 aliphatic rings. The van der Waals surface area contributed by atoms with Gasteiger partial charge in [-0.05, 0) is 61.9 Å². The Hall–Kier alpha value is -4.48. The summed E-state index contributed by atoms with van der Waals surface area (Å²) in [7, 11) is 2.07. The predicted molar refractivity (Wildman–Crippen MR) is 138 cm³/mol. The van der Waals surface area contributed by atoms with Crippen LogP contribution in [0.4, 0.5) is 0 Å². The van der Waals surface area contributed by atoms with Gasteiger partial charge in [-0.15, -0.1) is 0 Å². The molecule has 36 heavy (non-hydrogen) atoms. The lowest BCUT2D eigenvalue weighted by molar-refractivity contribution is 0.0664. The van der Waals surface area contributed by atoms with E-state index in [0.717, 1.165) is 48.6 Å². The van der Waals surface area contributed by atoms with E-state index in [1.165, 1.54) is 0 Å². The topological polar surface area (TPSA) is 96.8 Å². The Morgan fingerprint density at radius 2 is 1.64 bits per heavy atom. The number of fused-ring (bicyclic) bond motifs is 1. The molecule has 2 amide bonds. The minimum Gasteiger partial charge on any atom is -0.366 e. The zero-order valence-electron chi connectivity index (χ0n) is 20.2. The zero-order chi connectivity index (χ0) is 25.2. The molecule has 2 aromatic carbocycles. The van der Waals surface area contributed by atoms with Crippen LogP contribution in [0.25, 0.3) is 16.9 Å². The third-order valence-corrected chi connectivity index (χ3v) is 6.43. The van der Waals surface area contributed by atoms with Crippen molar-refractivity contribution in [1.29, 1.82) is 0 Å². The molecule has 0 atom stereocenters.